The molecule has 0 amide bonds. The molecule has 2 rings (SSSR count). The van der Waals surface area contributed by atoms with Crippen molar-refractivity contribution in [2.75, 3.05) is 12.4 Å². The molecule has 0 fully saturated rings. The first kappa shape index (κ1) is 14.7. The van der Waals surface area contributed by atoms with Gasteiger partial charge in [0.15, 0.2) is 0 Å². The quantitative estimate of drug-likeness (QED) is 0.859. The number of methoxy groups -OCH3 is 1. The van der Waals surface area contributed by atoms with Crippen molar-refractivity contribution in [1.29, 1.82) is 0 Å². The van der Waals surface area contributed by atoms with Crippen LogP contribution >= 0.6 is 11.6 Å². The molecular weight excluding hydrogens is 277 g/mol. The molecule has 2 nitrogen and oxygen atoms in total. The smallest absolute Gasteiger partial charge is 0.142 e. The monoisotopic (exact) mass is 293 g/mol. The zero-order valence-electron chi connectivity index (χ0n) is 11.7. The number of anilines is 1. The second-order valence-electron chi connectivity index (χ2n) is 4.72. The molecule has 2 aromatic rings. The first-order valence-electron chi connectivity index (χ1n) is 6.37. The maximum absolute atomic E-state index is 13.5. The van der Waals surface area contributed by atoms with Crippen molar-refractivity contribution < 1.29 is 9.13 Å². The predicted octanol–water partition coefficient (Wildman–Crippen LogP) is 4.97. The Kier molecular flexibility index (Phi) is 4.50. The first-order chi connectivity index (χ1) is 9.51. The molecule has 106 valence electrons. The molecule has 0 spiro atoms. The maximum Gasteiger partial charge on any atom is 0.142 e. The van der Waals surface area contributed by atoms with E-state index in [1.807, 2.05) is 38.1 Å². The van der Waals surface area contributed by atoms with Crippen molar-refractivity contribution in [2.24, 2.45) is 0 Å². The first-order valence-corrected chi connectivity index (χ1v) is 6.75. The summed E-state index contributed by atoms with van der Waals surface area (Å²) >= 11 is 5.69. The highest BCUT2D eigenvalue weighted by Crippen LogP contribution is 2.26. The van der Waals surface area contributed by atoms with Gasteiger partial charge in [0.25, 0.3) is 0 Å². The Hall–Kier alpha value is -1.74. The van der Waals surface area contributed by atoms with Crippen molar-refractivity contribution in [3.05, 3.63) is 58.4 Å². The van der Waals surface area contributed by atoms with Crippen LogP contribution in [-0.2, 0) is 0 Å². The summed E-state index contributed by atoms with van der Waals surface area (Å²) in [5, 5.41) is 3.47. The molecule has 1 N–H and O–H groups in total. The Morgan fingerprint density at radius 3 is 2.55 bits per heavy atom. The minimum absolute atomic E-state index is 0.0189. The Morgan fingerprint density at radius 1 is 1.20 bits per heavy atom. The van der Waals surface area contributed by atoms with Gasteiger partial charge in [-0.15, -0.1) is 0 Å². The summed E-state index contributed by atoms with van der Waals surface area (Å²) in [6, 6.07) is 10.7. The molecule has 0 radical (unpaired) electrons. The lowest BCUT2D eigenvalue weighted by molar-refractivity contribution is 0.412. The zero-order chi connectivity index (χ0) is 14.7. The largest absolute Gasteiger partial charge is 0.496 e. The predicted molar refractivity (Wildman–Crippen MR) is 81.2 cm³/mol. The molecule has 0 saturated heterocycles. The Bertz CT molecular complexity index is 615. The third-order valence-corrected chi connectivity index (χ3v) is 3.53. The normalized spacial score (nSPS) is 12.1. The minimum atomic E-state index is -0.399. The number of benzene rings is 2. The van der Waals surface area contributed by atoms with E-state index in [9.17, 15) is 4.39 Å². The van der Waals surface area contributed by atoms with Gasteiger partial charge in [-0.3, -0.25) is 0 Å². The average Bonchev–Trinajstić information content (AvgIpc) is 2.42. The van der Waals surface area contributed by atoms with Crippen LogP contribution in [-0.4, -0.2) is 7.11 Å². The lowest BCUT2D eigenvalue weighted by Crippen LogP contribution is -2.07. The van der Waals surface area contributed by atoms with Gasteiger partial charge in [0.1, 0.15) is 11.6 Å². The van der Waals surface area contributed by atoms with Crippen molar-refractivity contribution in [2.45, 2.75) is 19.9 Å². The van der Waals surface area contributed by atoms with Crippen LogP contribution in [0.2, 0.25) is 5.02 Å². The zero-order valence-corrected chi connectivity index (χ0v) is 12.5. The number of rotatable bonds is 4. The number of halogens is 2. The van der Waals surface area contributed by atoms with Crippen LogP contribution < -0.4 is 10.1 Å². The Labute approximate surface area is 123 Å². The maximum atomic E-state index is 13.5. The number of ether oxygens (including phenoxy) is 1. The minimum Gasteiger partial charge on any atom is -0.496 e. The molecule has 0 aliphatic heterocycles. The van der Waals surface area contributed by atoms with Crippen LogP contribution in [0, 0.1) is 12.7 Å². The van der Waals surface area contributed by atoms with Crippen LogP contribution in [0.3, 0.4) is 0 Å². The lowest BCUT2D eigenvalue weighted by atomic mass is 10.1. The summed E-state index contributed by atoms with van der Waals surface area (Å²) in [5.41, 5.74) is 2.86. The molecule has 0 aromatic heterocycles. The lowest BCUT2D eigenvalue weighted by Gasteiger charge is -2.17. The van der Waals surface area contributed by atoms with E-state index in [-0.39, 0.29) is 11.1 Å². The fourth-order valence-corrected chi connectivity index (χ4v) is 2.20. The molecule has 0 aliphatic rings. The van der Waals surface area contributed by atoms with E-state index < -0.39 is 5.82 Å². The van der Waals surface area contributed by atoms with Gasteiger partial charge < -0.3 is 10.1 Å². The summed E-state index contributed by atoms with van der Waals surface area (Å²) in [7, 11) is 1.65. The van der Waals surface area contributed by atoms with Crippen molar-refractivity contribution in [3.63, 3.8) is 0 Å². The van der Waals surface area contributed by atoms with Gasteiger partial charge in [-0.1, -0.05) is 17.7 Å². The van der Waals surface area contributed by atoms with E-state index >= 15 is 0 Å². The number of nitrogens with one attached hydrogen (secondary N) is 1. The SMILES string of the molecule is COc1ccc(NC(C)c2ccc(Cl)c(F)c2)cc1C. The molecule has 4 heteroatoms. The van der Waals surface area contributed by atoms with Gasteiger partial charge in [-0.2, -0.15) is 0 Å². The summed E-state index contributed by atoms with van der Waals surface area (Å²) in [4.78, 5) is 0. The molecule has 1 atom stereocenters. The standard InChI is InChI=1S/C16H17ClFNO/c1-10-8-13(5-7-16(10)20-3)19-11(2)12-4-6-14(17)15(18)9-12/h4-9,11,19H,1-3H3. The van der Waals surface area contributed by atoms with Gasteiger partial charge >= 0.3 is 0 Å². The van der Waals surface area contributed by atoms with Crippen molar-refractivity contribution in [3.8, 4) is 5.75 Å². The van der Waals surface area contributed by atoms with Gasteiger partial charge in [-0.25, -0.2) is 4.39 Å². The summed E-state index contributed by atoms with van der Waals surface area (Å²) in [6.07, 6.45) is 0. The molecule has 1 unspecified atom stereocenters. The molecule has 0 aliphatic carbocycles. The van der Waals surface area contributed by atoms with Gasteiger partial charge in [0.2, 0.25) is 0 Å². The average molecular weight is 294 g/mol. The second-order valence-corrected chi connectivity index (χ2v) is 5.13. The van der Waals surface area contributed by atoms with Gasteiger partial charge in [-0.05, 0) is 55.3 Å². The molecule has 20 heavy (non-hydrogen) atoms. The Balaban J connectivity index is 2.16. The van der Waals surface area contributed by atoms with Crippen LogP contribution in [0.4, 0.5) is 10.1 Å². The summed E-state index contributed by atoms with van der Waals surface area (Å²) < 4.78 is 18.7. The topological polar surface area (TPSA) is 21.3 Å². The number of hydrogen-bond donors (Lipinski definition) is 1. The molecule has 0 saturated carbocycles. The fourth-order valence-electron chi connectivity index (χ4n) is 2.08. The van der Waals surface area contributed by atoms with E-state index in [2.05, 4.69) is 5.32 Å². The van der Waals surface area contributed by atoms with E-state index in [0.29, 0.717) is 0 Å². The van der Waals surface area contributed by atoms with E-state index in [4.69, 9.17) is 16.3 Å². The van der Waals surface area contributed by atoms with Crippen LogP contribution in [0.5, 0.6) is 5.75 Å². The van der Waals surface area contributed by atoms with E-state index in [1.54, 1.807) is 13.2 Å². The van der Waals surface area contributed by atoms with Crippen molar-refractivity contribution >= 4 is 17.3 Å². The van der Waals surface area contributed by atoms with Crippen LogP contribution in [0.25, 0.3) is 0 Å². The molecule has 0 heterocycles. The van der Waals surface area contributed by atoms with Crippen LogP contribution in [0.1, 0.15) is 24.1 Å². The van der Waals surface area contributed by atoms with Gasteiger partial charge in [0, 0.05) is 11.7 Å². The van der Waals surface area contributed by atoms with E-state index in [1.165, 1.54) is 6.07 Å². The highest BCUT2D eigenvalue weighted by molar-refractivity contribution is 6.30. The number of hydrogen-bond acceptors (Lipinski definition) is 2. The molecular formula is C16H17ClFNO. The highest BCUT2D eigenvalue weighted by Gasteiger charge is 2.09. The molecule has 0 bridgehead atoms. The Morgan fingerprint density at radius 2 is 1.95 bits per heavy atom. The number of aryl methyl sites for hydroxylation is 1. The second kappa shape index (κ2) is 6.14. The van der Waals surface area contributed by atoms with Crippen molar-refractivity contribution in [1.82, 2.24) is 0 Å². The highest BCUT2D eigenvalue weighted by atomic mass is 35.5. The van der Waals surface area contributed by atoms with E-state index in [0.717, 1.165) is 22.6 Å². The third kappa shape index (κ3) is 3.23. The van der Waals surface area contributed by atoms with Crippen LogP contribution in [0.15, 0.2) is 36.4 Å². The summed E-state index contributed by atoms with van der Waals surface area (Å²) in [6.45, 7) is 3.96. The van der Waals surface area contributed by atoms with Gasteiger partial charge in [0.05, 0.1) is 12.1 Å². The third-order valence-electron chi connectivity index (χ3n) is 3.22. The fraction of sp³-hybridized carbons (Fsp3) is 0.250. The molecule has 2 aromatic carbocycles. The summed E-state index contributed by atoms with van der Waals surface area (Å²) in [5.74, 6) is 0.449.